The largest absolute Gasteiger partial charge is 0.309 e. The molecule has 12 aromatic carbocycles. The van der Waals surface area contributed by atoms with Crippen molar-refractivity contribution in [3.8, 4) is 33.6 Å². The van der Waals surface area contributed by atoms with Crippen LogP contribution in [0.4, 0.5) is 0 Å². The standard InChI is InChI=1S/C73H41N5/c1-3-19-46(20-4-1)75-60-31-13-11-25-51(60)56-37-44(33-35-62(56)75)50-27-15-28-53-59-39-43-18-8-10-24-49(43)67-68-66-55-30-16-29-54-58-38-42-17-7-9-23-48(42)65(71(58)77(70(54)55)64(66)41-74-73(68)78(69(50)53)72(59)67)45-34-36-63-57(40-45)52-26-12-14-32-61(52)76(63)47-21-5-2-6-22-47/h1-41H. The summed E-state index contributed by atoms with van der Waals surface area (Å²) in [6.07, 6.45) is 2.18. The number of hydrogen-bond acceptors (Lipinski definition) is 1. The van der Waals surface area contributed by atoms with Gasteiger partial charge in [0.05, 0.1) is 55.8 Å². The van der Waals surface area contributed by atoms with Crippen molar-refractivity contribution in [3.05, 3.63) is 249 Å². The third-order valence-corrected chi connectivity index (χ3v) is 17.6. The molecule has 19 aromatic rings. The Morgan fingerprint density at radius 1 is 0.269 bits per heavy atom. The molecule has 0 spiro atoms. The average Bonchev–Trinajstić information content (AvgIpc) is 4.22. The first-order chi connectivity index (χ1) is 38.7. The van der Waals surface area contributed by atoms with Gasteiger partial charge in [0.15, 0.2) is 0 Å². The Labute approximate surface area is 444 Å². The Hall–Kier alpha value is -10.5. The van der Waals surface area contributed by atoms with Crippen LogP contribution in [0.3, 0.4) is 0 Å². The van der Waals surface area contributed by atoms with Gasteiger partial charge >= 0.3 is 0 Å². The summed E-state index contributed by atoms with van der Waals surface area (Å²) in [5.74, 6) is 0. The summed E-state index contributed by atoms with van der Waals surface area (Å²) in [5, 5.41) is 19.8. The number of aromatic nitrogens is 5. The molecule has 0 amide bonds. The van der Waals surface area contributed by atoms with Gasteiger partial charge in [0, 0.05) is 87.1 Å². The monoisotopic (exact) mass is 987 g/mol. The van der Waals surface area contributed by atoms with Gasteiger partial charge in [-0.2, -0.15) is 0 Å². The second-order valence-electron chi connectivity index (χ2n) is 21.4. The molecule has 19 rings (SSSR count). The molecule has 0 bridgehead atoms. The molecule has 0 aliphatic heterocycles. The van der Waals surface area contributed by atoms with Crippen LogP contribution in [0, 0.1) is 0 Å². The summed E-state index contributed by atoms with van der Waals surface area (Å²) in [6, 6.07) is 89.9. The Bertz CT molecular complexity index is 5790. The minimum absolute atomic E-state index is 0.979. The highest BCUT2D eigenvalue weighted by Gasteiger charge is 2.29. The van der Waals surface area contributed by atoms with Crippen LogP contribution >= 0.6 is 0 Å². The molecular weight excluding hydrogens is 947 g/mol. The number of nitrogens with zero attached hydrogens (tertiary/aromatic N) is 5. The maximum atomic E-state index is 5.73. The van der Waals surface area contributed by atoms with Gasteiger partial charge in [0.2, 0.25) is 0 Å². The van der Waals surface area contributed by atoms with Crippen molar-refractivity contribution >= 4 is 141 Å². The van der Waals surface area contributed by atoms with E-state index in [2.05, 4.69) is 267 Å². The van der Waals surface area contributed by atoms with Crippen molar-refractivity contribution in [2.75, 3.05) is 0 Å². The molecular formula is C73H41N5. The quantitative estimate of drug-likeness (QED) is 0.173. The Kier molecular flexibility index (Phi) is 7.68. The Balaban J connectivity index is 0.933. The zero-order chi connectivity index (χ0) is 50.5. The van der Waals surface area contributed by atoms with E-state index in [9.17, 15) is 0 Å². The van der Waals surface area contributed by atoms with Gasteiger partial charge < -0.3 is 13.5 Å². The minimum atomic E-state index is 0.979. The van der Waals surface area contributed by atoms with Crippen molar-refractivity contribution in [1.29, 1.82) is 0 Å². The van der Waals surface area contributed by atoms with E-state index in [0.29, 0.717) is 0 Å². The predicted octanol–water partition coefficient (Wildman–Crippen LogP) is 19.2. The highest BCUT2D eigenvalue weighted by atomic mass is 15.0. The normalized spacial score (nSPS) is 12.6. The average molecular weight is 988 g/mol. The van der Waals surface area contributed by atoms with E-state index in [1.807, 2.05) is 0 Å². The van der Waals surface area contributed by atoms with Crippen LogP contribution in [0.5, 0.6) is 0 Å². The molecule has 0 fully saturated rings. The van der Waals surface area contributed by atoms with E-state index in [-0.39, 0.29) is 0 Å². The van der Waals surface area contributed by atoms with Gasteiger partial charge in [-0.3, -0.25) is 4.40 Å². The van der Waals surface area contributed by atoms with E-state index < -0.39 is 0 Å². The van der Waals surface area contributed by atoms with Crippen molar-refractivity contribution in [2.24, 2.45) is 0 Å². The lowest BCUT2D eigenvalue weighted by molar-refractivity contribution is 1.18. The lowest BCUT2D eigenvalue weighted by Gasteiger charge is -2.13. The first-order valence-corrected chi connectivity index (χ1v) is 27.0. The zero-order valence-corrected chi connectivity index (χ0v) is 41.9. The first-order valence-electron chi connectivity index (χ1n) is 27.0. The van der Waals surface area contributed by atoms with Gasteiger partial charge in [-0.1, -0.05) is 170 Å². The van der Waals surface area contributed by atoms with E-state index in [1.54, 1.807) is 0 Å². The highest BCUT2D eigenvalue weighted by Crippen LogP contribution is 2.52. The van der Waals surface area contributed by atoms with Crippen LogP contribution < -0.4 is 0 Å². The zero-order valence-electron chi connectivity index (χ0n) is 41.9. The third kappa shape index (κ3) is 5.04. The molecule has 0 aliphatic carbocycles. The Morgan fingerprint density at radius 2 is 0.782 bits per heavy atom. The van der Waals surface area contributed by atoms with Crippen LogP contribution in [0.25, 0.3) is 175 Å². The fourth-order valence-corrected chi connectivity index (χ4v) is 14.5. The number of rotatable bonds is 4. The number of para-hydroxylation sites is 6. The van der Waals surface area contributed by atoms with Gasteiger partial charge in [0.25, 0.3) is 0 Å². The SMILES string of the molecule is c1ccc(-n2c3ccccc3c3cc(-c4c5ccccc5cc5c6cccc7c8c9c%10c%11ccccc%11cc%11c%12cccc(-c%13ccc%14c(c%13)c%13ccccc%13n%14-c%13ccccc%13)c%12n(c9ncc8n(c45)c67)c%11%10)ccc32)cc1. The predicted molar refractivity (Wildman–Crippen MR) is 328 cm³/mol. The van der Waals surface area contributed by atoms with Gasteiger partial charge in [-0.15, -0.1) is 0 Å². The molecule has 7 heterocycles. The molecule has 0 aliphatic rings. The molecule has 78 heavy (non-hydrogen) atoms. The topological polar surface area (TPSA) is 31.6 Å². The molecule has 0 N–H and O–H groups in total. The highest BCUT2D eigenvalue weighted by molar-refractivity contribution is 6.40. The maximum absolute atomic E-state index is 5.73. The van der Waals surface area contributed by atoms with Crippen molar-refractivity contribution < 1.29 is 0 Å². The molecule has 358 valence electrons. The van der Waals surface area contributed by atoms with E-state index in [4.69, 9.17) is 4.98 Å². The molecule has 5 nitrogen and oxygen atoms in total. The van der Waals surface area contributed by atoms with Crippen molar-refractivity contribution in [2.45, 2.75) is 0 Å². The fourth-order valence-electron chi connectivity index (χ4n) is 14.5. The van der Waals surface area contributed by atoms with E-state index in [0.717, 1.165) is 22.5 Å². The van der Waals surface area contributed by atoms with E-state index >= 15 is 0 Å². The first kappa shape index (κ1) is 40.8. The molecule has 0 unspecified atom stereocenters. The number of benzene rings is 12. The smallest absolute Gasteiger partial charge is 0.146 e. The molecule has 7 aromatic heterocycles. The molecule has 0 radical (unpaired) electrons. The van der Waals surface area contributed by atoms with Gasteiger partial charge in [0.1, 0.15) is 5.65 Å². The lowest BCUT2D eigenvalue weighted by Crippen LogP contribution is -1.93. The summed E-state index contributed by atoms with van der Waals surface area (Å²) in [4.78, 5) is 5.73. The van der Waals surface area contributed by atoms with Crippen LogP contribution in [0.1, 0.15) is 0 Å². The van der Waals surface area contributed by atoms with Crippen LogP contribution in [0.15, 0.2) is 249 Å². The molecule has 0 saturated carbocycles. The number of fused-ring (bicyclic) bond motifs is 22. The van der Waals surface area contributed by atoms with E-state index in [1.165, 1.54) is 153 Å². The number of pyridine rings is 1. The summed E-state index contributed by atoms with van der Waals surface area (Å²) >= 11 is 0. The minimum Gasteiger partial charge on any atom is -0.309 e. The fraction of sp³-hybridized carbons (Fsp3) is 0. The van der Waals surface area contributed by atoms with Crippen LogP contribution in [0.2, 0.25) is 0 Å². The summed E-state index contributed by atoms with van der Waals surface area (Å²) in [5.41, 5.74) is 18.8. The second-order valence-corrected chi connectivity index (χ2v) is 21.4. The maximum Gasteiger partial charge on any atom is 0.146 e. The van der Waals surface area contributed by atoms with Crippen LogP contribution in [-0.2, 0) is 0 Å². The lowest BCUT2D eigenvalue weighted by atomic mass is 9.93. The van der Waals surface area contributed by atoms with Crippen molar-refractivity contribution in [3.63, 3.8) is 0 Å². The molecule has 0 saturated heterocycles. The van der Waals surface area contributed by atoms with Gasteiger partial charge in [-0.25, -0.2) is 4.98 Å². The second kappa shape index (κ2) is 14.7. The Morgan fingerprint density at radius 3 is 1.47 bits per heavy atom. The molecule has 0 atom stereocenters. The van der Waals surface area contributed by atoms with Gasteiger partial charge in [-0.05, 0) is 105 Å². The summed E-state index contributed by atoms with van der Waals surface area (Å²) < 4.78 is 9.89. The van der Waals surface area contributed by atoms with Crippen molar-refractivity contribution in [1.82, 2.24) is 22.9 Å². The molecule has 5 heteroatoms. The summed E-state index contributed by atoms with van der Waals surface area (Å²) in [7, 11) is 0. The van der Waals surface area contributed by atoms with Crippen LogP contribution in [-0.4, -0.2) is 22.9 Å². The third-order valence-electron chi connectivity index (χ3n) is 17.6. The summed E-state index contributed by atoms with van der Waals surface area (Å²) in [6.45, 7) is 0. The number of hydrogen-bond donors (Lipinski definition) is 0.